The Labute approximate surface area is 175 Å². The minimum atomic E-state index is -0.466. The summed E-state index contributed by atoms with van der Waals surface area (Å²) >= 11 is 0. The fourth-order valence-electron chi connectivity index (χ4n) is 4.48. The maximum Gasteiger partial charge on any atom is 0.274 e. The highest BCUT2D eigenvalue weighted by Gasteiger charge is 2.46. The molecule has 1 amide bonds. The number of hydrogen-bond donors (Lipinski definition) is 0. The van der Waals surface area contributed by atoms with Crippen LogP contribution in [0.3, 0.4) is 0 Å². The first-order valence-corrected chi connectivity index (χ1v) is 10.4. The SMILES string of the molecule is Cc1cnc(C(=O)N2CCC3(CC2)Oc2ccccc2-c2c3cnn2C(C)C)cn1. The highest BCUT2D eigenvalue weighted by Crippen LogP contribution is 2.50. The van der Waals surface area contributed by atoms with Crippen molar-refractivity contribution in [2.45, 2.75) is 45.3 Å². The van der Waals surface area contributed by atoms with Crippen molar-refractivity contribution >= 4 is 5.91 Å². The van der Waals surface area contributed by atoms with Gasteiger partial charge in [0.2, 0.25) is 0 Å². The second-order valence-electron chi connectivity index (χ2n) is 8.37. The highest BCUT2D eigenvalue weighted by molar-refractivity contribution is 5.92. The zero-order valence-corrected chi connectivity index (χ0v) is 17.5. The molecule has 154 valence electrons. The molecule has 4 heterocycles. The summed E-state index contributed by atoms with van der Waals surface area (Å²) in [5, 5.41) is 4.69. The van der Waals surface area contributed by atoms with Gasteiger partial charge in [-0.2, -0.15) is 5.10 Å². The quantitative estimate of drug-likeness (QED) is 0.652. The number of carbonyl (C=O) groups is 1. The molecule has 0 atom stereocenters. The molecule has 2 aliphatic rings. The second-order valence-corrected chi connectivity index (χ2v) is 8.37. The van der Waals surface area contributed by atoms with Crippen LogP contribution in [-0.2, 0) is 5.60 Å². The molecule has 0 bridgehead atoms. The van der Waals surface area contributed by atoms with Crippen molar-refractivity contribution in [3.8, 4) is 17.0 Å². The van der Waals surface area contributed by atoms with Gasteiger partial charge < -0.3 is 9.64 Å². The molecule has 2 aliphatic heterocycles. The number of benzene rings is 1. The Morgan fingerprint density at radius 1 is 1.10 bits per heavy atom. The molecule has 0 radical (unpaired) electrons. The minimum absolute atomic E-state index is 0.0772. The molecule has 0 aliphatic carbocycles. The molecule has 7 nitrogen and oxygen atoms in total. The lowest BCUT2D eigenvalue weighted by molar-refractivity contribution is -0.00195. The molecule has 3 aromatic rings. The molecule has 7 heteroatoms. The average molecular weight is 403 g/mol. The summed E-state index contributed by atoms with van der Waals surface area (Å²) in [5.41, 5.74) is 4.06. The molecule has 2 aromatic heterocycles. The lowest BCUT2D eigenvalue weighted by atomic mass is 9.81. The second kappa shape index (κ2) is 6.93. The molecule has 1 fully saturated rings. The summed E-state index contributed by atoms with van der Waals surface area (Å²) in [7, 11) is 0. The van der Waals surface area contributed by atoms with E-state index in [2.05, 4.69) is 34.6 Å². The van der Waals surface area contributed by atoms with E-state index in [0.29, 0.717) is 31.6 Å². The van der Waals surface area contributed by atoms with Gasteiger partial charge in [-0.05, 0) is 32.9 Å². The molecule has 30 heavy (non-hydrogen) atoms. The third-order valence-electron chi connectivity index (χ3n) is 6.08. The summed E-state index contributed by atoms with van der Waals surface area (Å²) in [6.07, 6.45) is 6.56. The standard InChI is InChI=1S/C23H25N5O2/c1-15(2)28-21-17-6-4-5-7-20(17)30-23(18(21)13-26-28)8-10-27(11-9-23)22(29)19-14-24-16(3)12-25-19/h4-7,12-15H,8-11H2,1-3H3. The summed E-state index contributed by atoms with van der Waals surface area (Å²) in [5.74, 6) is 0.809. The van der Waals surface area contributed by atoms with Gasteiger partial charge in [0.15, 0.2) is 0 Å². The Balaban J connectivity index is 1.46. The van der Waals surface area contributed by atoms with E-state index in [-0.39, 0.29) is 11.9 Å². The maximum atomic E-state index is 12.9. The predicted octanol–water partition coefficient (Wildman–Crippen LogP) is 3.75. The Morgan fingerprint density at radius 2 is 1.87 bits per heavy atom. The van der Waals surface area contributed by atoms with Crippen molar-refractivity contribution in [3.05, 3.63) is 59.8 Å². The number of likely N-dealkylation sites (tertiary alicyclic amines) is 1. The zero-order chi connectivity index (χ0) is 20.9. The van der Waals surface area contributed by atoms with Crippen LogP contribution in [0.4, 0.5) is 0 Å². The van der Waals surface area contributed by atoms with Gasteiger partial charge in [-0.15, -0.1) is 0 Å². The van der Waals surface area contributed by atoms with Crippen molar-refractivity contribution in [2.24, 2.45) is 0 Å². The van der Waals surface area contributed by atoms with E-state index in [4.69, 9.17) is 9.84 Å². The van der Waals surface area contributed by atoms with Crippen LogP contribution < -0.4 is 4.74 Å². The fraction of sp³-hybridized carbons (Fsp3) is 0.391. The van der Waals surface area contributed by atoms with Crippen LogP contribution >= 0.6 is 0 Å². The van der Waals surface area contributed by atoms with Crippen molar-refractivity contribution in [1.29, 1.82) is 0 Å². The minimum Gasteiger partial charge on any atom is -0.482 e. The van der Waals surface area contributed by atoms with E-state index in [0.717, 1.165) is 28.3 Å². The molecule has 1 saturated heterocycles. The summed E-state index contributed by atoms with van der Waals surface area (Å²) < 4.78 is 8.69. The Hall–Kier alpha value is -3.22. The predicted molar refractivity (Wildman–Crippen MR) is 112 cm³/mol. The first-order valence-electron chi connectivity index (χ1n) is 10.4. The van der Waals surface area contributed by atoms with Crippen molar-refractivity contribution in [2.75, 3.05) is 13.1 Å². The van der Waals surface area contributed by atoms with Crippen LogP contribution in [0, 0.1) is 6.92 Å². The van der Waals surface area contributed by atoms with Crippen LogP contribution in [0.25, 0.3) is 11.3 Å². The number of aryl methyl sites for hydroxylation is 1. The lowest BCUT2D eigenvalue weighted by Crippen LogP contribution is -2.49. The molecule has 0 N–H and O–H groups in total. The number of fused-ring (bicyclic) bond motifs is 4. The van der Waals surface area contributed by atoms with Crippen LogP contribution in [0.2, 0.25) is 0 Å². The molecule has 1 aromatic carbocycles. The van der Waals surface area contributed by atoms with E-state index >= 15 is 0 Å². The number of amides is 1. The number of rotatable bonds is 2. The molecular formula is C23H25N5O2. The van der Waals surface area contributed by atoms with Crippen molar-refractivity contribution in [1.82, 2.24) is 24.6 Å². The molecule has 1 spiro atoms. The number of hydrogen-bond acceptors (Lipinski definition) is 5. The van der Waals surface area contributed by atoms with Gasteiger partial charge in [-0.1, -0.05) is 12.1 Å². The number of nitrogens with zero attached hydrogens (tertiary/aromatic N) is 5. The van der Waals surface area contributed by atoms with Crippen LogP contribution in [0.15, 0.2) is 42.9 Å². The van der Waals surface area contributed by atoms with Gasteiger partial charge in [-0.3, -0.25) is 14.5 Å². The number of ether oxygens (including phenoxy) is 1. The normalized spacial score (nSPS) is 16.9. The number of carbonyl (C=O) groups excluding carboxylic acids is 1. The number of para-hydroxylation sites is 1. The first kappa shape index (κ1) is 18.8. The van der Waals surface area contributed by atoms with E-state index in [9.17, 15) is 4.79 Å². The fourth-order valence-corrected chi connectivity index (χ4v) is 4.48. The number of piperidine rings is 1. The highest BCUT2D eigenvalue weighted by atomic mass is 16.5. The van der Waals surface area contributed by atoms with Crippen molar-refractivity contribution in [3.63, 3.8) is 0 Å². The van der Waals surface area contributed by atoms with Crippen LogP contribution in [0.1, 0.15) is 54.5 Å². The topological polar surface area (TPSA) is 73.1 Å². The summed E-state index contributed by atoms with van der Waals surface area (Å²) in [6, 6.07) is 8.40. The molecule has 0 saturated carbocycles. The Kier molecular flexibility index (Phi) is 4.34. The maximum absolute atomic E-state index is 12.9. The molecule has 5 rings (SSSR count). The van der Waals surface area contributed by atoms with Crippen LogP contribution in [-0.4, -0.2) is 43.6 Å². The van der Waals surface area contributed by atoms with E-state index in [1.165, 1.54) is 0 Å². The average Bonchev–Trinajstić information content (AvgIpc) is 3.21. The summed E-state index contributed by atoms with van der Waals surface area (Å²) in [6.45, 7) is 7.34. The van der Waals surface area contributed by atoms with Gasteiger partial charge in [0.25, 0.3) is 5.91 Å². The van der Waals surface area contributed by atoms with Gasteiger partial charge in [-0.25, -0.2) is 4.98 Å². The Bertz CT molecular complexity index is 1100. The van der Waals surface area contributed by atoms with Gasteiger partial charge in [0.05, 0.1) is 23.8 Å². The van der Waals surface area contributed by atoms with Crippen molar-refractivity contribution < 1.29 is 9.53 Å². The number of aromatic nitrogens is 4. The van der Waals surface area contributed by atoms with E-state index in [1.54, 1.807) is 12.4 Å². The third-order valence-corrected chi connectivity index (χ3v) is 6.08. The van der Waals surface area contributed by atoms with Gasteiger partial charge in [0, 0.05) is 49.3 Å². The first-order chi connectivity index (χ1) is 14.5. The Morgan fingerprint density at radius 3 is 2.57 bits per heavy atom. The van der Waals surface area contributed by atoms with Gasteiger partial charge >= 0.3 is 0 Å². The summed E-state index contributed by atoms with van der Waals surface area (Å²) in [4.78, 5) is 23.2. The lowest BCUT2D eigenvalue weighted by Gasteiger charge is -2.44. The largest absolute Gasteiger partial charge is 0.482 e. The zero-order valence-electron chi connectivity index (χ0n) is 17.5. The smallest absolute Gasteiger partial charge is 0.274 e. The monoisotopic (exact) mass is 403 g/mol. The van der Waals surface area contributed by atoms with Gasteiger partial charge in [0.1, 0.15) is 17.0 Å². The van der Waals surface area contributed by atoms with Crippen LogP contribution in [0.5, 0.6) is 5.75 Å². The van der Waals surface area contributed by atoms with E-state index in [1.807, 2.05) is 36.2 Å². The third kappa shape index (κ3) is 2.88. The van der Waals surface area contributed by atoms with E-state index < -0.39 is 5.60 Å². The molecular weight excluding hydrogens is 378 g/mol. The molecule has 0 unspecified atom stereocenters.